The van der Waals surface area contributed by atoms with Gasteiger partial charge in [-0.3, -0.25) is 4.68 Å². The van der Waals surface area contributed by atoms with Crippen molar-refractivity contribution in [2.24, 2.45) is 0 Å². The molecule has 1 N–H and O–H groups in total. The summed E-state index contributed by atoms with van der Waals surface area (Å²) in [5, 5.41) is 7.63. The molecule has 15 heavy (non-hydrogen) atoms. The maximum atomic E-state index is 4.36. The fraction of sp³-hybridized carbons (Fsp3) is 0.750. The highest BCUT2D eigenvalue weighted by Crippen LogP contribution is 2.19. The second-order valence-corrected chi connectivity index (χ2v) is 4.36. The zero-order valence-corrected chi connectivity index (χ0v) is 10.3. The van der Waals surface area contributed by atoms with Gasteiger partial charge in [-0.25, -0.2) is 0 Å². The van der Waals surface area contributed by atoms with Gasteiger partial charge in [0, 0.05) is 18.8 Å². The van der Waals surface area contributed by atoms with E-state index in [0.29, 0.717) is 12.0 Å². The average Bonchev–Trinajstić information content (AvgIpc) is 2.67. The van der Waals surface area contributed by atoms with Crippen LogP contribution in [0.1, 0.15) is 45.1 Å². The quantitative estimate of drug-likeness (QED) is 0.779. The standard InChI is InChI=1S/C12H23N3/c1-5-6-15-9-12(8-14-15)10(2)7-11(3)13-4/h8-11,13H,5-7H2,1-4H3. The first-order valence-electron chi connectivity index (χ1n) is 5.87. The van der Waals surface area contributed by atoms with Crippen LogP contribution in [0.3, 0.4) is 0 Å². The molecule has 1 aromatic heterocycles. The molecule has 0 amide bonds. The van der Waals surface area contributed by atoms with Crippen molar-refractivity contribution in [2.75, 3.05) is 7.05 Å². The number of nitrogens with zero attached hydrogens (tertiary/aromatic N) is 2. The second-order valence-electron chi connectivity index (χ2n) is 4.36. The Morgan fingerprint density at radius 3 is 2.80 bits per heavy atom. The molecule has 0 aliphatic heterocycles. The van der Waals surface area contributed by atoms with Crippen LogP contribution in [0.15, 0.2) is 12.4 Å². The van der Waals surface area contributed by atoms with Crippen molar-refractivity contribution in [3.8, 4) is 0 Å². The predicted molar refractivity (Wildman–Crippen MR) is 64.1 cm³/mol. The van der Waals surface area contributed by atoms with E-state index in [2.05, 4.69) is 37.4 Å². The van der Waals surface area contributed by atoms with Gasteiger partial charge in [-0.2, -0.15) is 5.10 Å². The van der Waals surface area contributed by atoms with Crippen molar-refractivity contribution in [1.82, 2.24) is 15.1 Å². The van der Waals surface area contributed by atoms with Crippen LogP contribution in [0.2, 0.25) is 0 Å². The molecule has 0 aromatic carbocycles. The smallest absolute Gasteiger partial charge is 0.0524 e. The molecule has 1 heterocycles. The van der Waals surface area contributed by atoms with Crippen LogP contribution < -0.4 is 5.32 Å². The van der Waals surface area contributed by atoms with Gasteiger partial charge in [0.1, 0.15) is 0 Å². The van der Waals surface area contributed by atoms with E-state index in [-0.39, 0.29) is 0 Å². The van der Waals surface area contributed by atoms with Crippen LogP contribution in [0.4, 0.5) is 0 Å². The van der Waals surface area contributed by atoms with Crippen molar-refractivity contribution in [3.05, 3.63) is 18.0 Å². The average molecular weight is 209 g/mol. The molecule has 1 rings (SSSR count). The summed E-state index contributed by atoms with van der Waals surface area (Å²) < 4.78 is 2.04. The molecular weight excluding hydrogens is 186 g/mol. The SMILES string of the molecule is CCCn1cc(C(C)CC(C)NC)cn1. The van der Waals surface area contributed by atoms with Gasteiger partial charge >= 0.3 is 0 Å². The summed E-state index contributed by atoms with van der Waals surface area (Å²) >= 11 is 0. The van der Waals surface area contributed by atoms with E-state index in [1.54, 1.807) is 0 Å². The van der Waals surface area contributed by atoms with Crippen LogP contribution in [-0.4, -0.2) is 22.9 Å². The van der Waals surface area contributed by atoms with Crippen LogP contribution in [0.5, 0.6) is 0 Å². The van der Waals surface area contributed by atoms with E-state index in [9.17, 15) is 0 Å². The first-order valence-corrected chi connectivity index (χ1v) is 5.87. The molecule has 86 valence electrons. The van der Waals surface area contributed by atoms with Gasteiger partial charge in [0.25, 0.3) is 0 Å². The van der Waals surface area contributed by atoms with Crippen LogP contribution >= 0.6 is 0 Å². The highest BCUT2D eigenvalue weighted by Gasteiger charge is 2.11. The number of hydrogen-bond donors (Lipinski definition) is 1. The van der Waals surface area contributed by atoms with Gasteiger partial charge in [-0.15, -0.1) is 0 Å². The lowest BCUT2D eigenvalue weighted by Gasteiger charge is -2.15. The monoisotopic (exact) mass is 209 g/mol. The maximum absolute atomic E-state index is 4.36. The summed E-state index contributed by atoms with van der Waals surface area (Å²) in [4.78, 5) is 0. The van der Waals surface area contributed by atoms with Crippen molar-refractivity contribution in [2.45, 2.75) is 52.1 Å². The Bertz CT molecular complexity index is 280. The van der Waals surface area contributed by atoms with Crippen LogP contribution in [0, 0.1) is 0 Å². The van der Waals surface area contributed by atoms with E-state index in [1.165, 1.54) is 5.56 Å². The van der Waals surface area contributed by atoms with Crippen molar-refractivity contribution in [3.63, 3.8) is 0 Å². The third-order valence-electron chi connectivity index (χ3n) is 2.87. The minimum atomic E-state index is 0.564. The fourth-order valence-corrected chi connectivity index (χ4v) is 1.77. The molecule has 3 nitrogen and oxygen atoms in total. The van der Waals surface area contributed by atoms with Crippen LogP contribution in [0.25, 0.3) is 0 Å². The molecular formula is C12H23N3. The van der Waals surface area contributed by atoms with Gasteiger partial charge < -0.3 is 5.32 Å². The number of aryl methyl sites for hydroxylation is 1. The van der Waals surface area contributed by atoms with Gasteiger partial charge in [0.15, 0.2) is 0 Å². The molecule has 2 unspecified atom stereocenters. The summed E-state index contributed by atoms with van der Waals surface area (Å²) in [6.07, 6.45) is 6.48. The molecule has 3 heteroatoms. The lowest BCUT2D eigenvalue weighted by Crippen LogP contribution is -2.22. The number of nitrogens with one attached hydrogen (secondary N) is 1. The molecule has 0 bridgehead atoms. The first-order chi connectivity index (χ1) is 7.17. The lowest BCUT2D eigenvalue weighted by molar-refractivity contribution is 0.515. The summed E-state index contributed by atoms with van der Waals surface area (Å²) in [5.74, 6) is 0.582. The number of aromatic nitrogens is 2. The first kappa shape index (κ1) is 12.2. The van der Waals surface area contributed by atoms with Gasteiger partial charge in [-0.05, 0) is 38.3 Å². The van der Waals surface area contributed by atoms with Gasteiger partial charge in [0.05, 0.1) is 6.20 Å². The highest BCUT2D eigenvalue weighted by atomic mass is 15.3. The zero-order chi connectivity index (χ0) is 11.3. The third-order valence-corrected chi connectivity index (χ3v) is 2.87. The molecule has 2 atom stereocenters. The molecule has 0 saturated heterocycles. The Labute approximate surface area is 92.9 Å². The largest absolute Gasteiger partial charge is 0.317 e. The third kappa shape index (κ3) is 3.67. The molecule has 0 spiro atoms. The van der Waals surface area contributed by atoms with E-state index in [4.69, 9.17) is 0 Å². The Kier molecular flexibility index (Phi) is 4.82. The second kappa shape index (κ2) is 5.91. The fourth-order valence-electron chi connectivity index (χ4n) is 1.77. The van der Waals surface area contributed by atoms with Crippen molar-refractivity contribution >= 4 is 0 Å². The normalized spacial score (nSPS) is 15.2. The van der Waals surface area contributed by atoms with Gasteiger partial charge in [-0.1, -0.05) is 13.8 Å². The summed E-state index contributed by atoms with van der Waals surface area (Å²) in [7, 11) is 2.01. The minimum absolute atomic E-state index is 0.564. The van der Waals surface area contributed by atoms with E-state index in [0.717, 1.165) is 19.4 Å². The molecule has 0 aliphatic carbocycles. The van der Waals surface area contributed by atoms with Crippen LogP contribution in [-0.2, 0) is 6.54 Å². The topological polar surface area (TPSA) is 29.9 Å². The minimum Gasteiger partial charge on any atom is -0.317 e. The van der Waals surface area contributed by atoms with Crippen molar-refractivity contribution in [1.29, 1.82) is 0 Å². The molecule has 0 saturated carbocycles. The molecule has 1 aromatic rings. The van der Waals surface area contributed by atoms with Crippen molar-refractivity contribution < 1.29 is 0 Å². The summed E-state index contributed by atoms with van der Waals surface area (Å²) in [6, 6.07) is 0.564. The lowest BCUT2D eigenvalue weighted by atomic mass is 9.97. The zero-order valence-electron chi connectivity index (χ0n) is 10.3. The Balaban J connectivity index is 2.53. The number of rotatable bonds is 6. The highest BCUT2D eigenvalue weighted by molar-refractivity contribution is 5.10. The molecule has 0 radical (unpaired) electrons. The van der Waals surface area contributed by atoms with E-state index < -0.39 is 0 Å². The van der Waals surface area contributed by atoms with E-state index in [1.807, 2.05) is 17.9 Å². The Hall–Kier alpha value is -0.830. The molecule has 0 aliphatic rings. The predicted octanol–water partition coefficient (Wildman–Crippen LogP) is 2.39. The van der Waals surface area contributed by atoms with E-state index >= 15 is 0 Å². The number of hydrogen-bond acceptors (Lipinski definition) is 2. The Morgan fingerprint density at radius 1 is 1.47 bits per heavy atom. The summed E-state index contributed by atoms with van der Waals surface area (Å²) in [6.45, 7) is 7.68. The summed E-state index contributed by atoms with van der Waals surface area (Å²) in [5.41, 5.74) is 1.35. The maximum Gasteiger partial charge on any atom is 0.0524 e. The molecule has 0 fully saturated rings. The van der Waals surface area contributed by atoms with Gasteiger partial charge in [0.2, 0.25) is 0 Å². The Morgan fingerprint density at radius 2 is 2.20 bits per heavy atom.